The predicted molar refractivity (Wildman–Crippen MR) is 101 cm³/mol. The molecule has 2 atom stereocenters. The van der Waals surface area contributed by atoms with E-state index < -0.39 is 0 Å². The predicted octanol–water partition coefficient (Wildman–Crippen LogP) is 3.80. The highest BCUT2D eigenvalue weighted by Gasteiger charge is 2.22. The van der Waals surface area contributed by atoms with Gasteiger partial charge in [-0.2, -0.15) is 0 Å². The second-order valence-corrected chi connectivity index (χ2v) is 7.70. The minimum Gasteiger partial charge on any atom is -0.375 e. The van der Waals surface area contributed by atoms with Crippen LogP contribution >= 0.6 is 0 Å². The Labute approximate surface area is 149 Å². The molecule has 1 unspecified atom stereocenters. The van der Waals surface area contributed by atoms with Gasteiger partial charge in [0.1, 0.15) is 0 Å². The lowest BCUT2D eigenvalue weighted by molar-refractivity contribution is -0.133. The molecule has 0 aromatic carbocycles. The first kappa shape index (κ1) is 21.4. The number of carbonyl (C=O) groups is 1. The van der Waals surface area contributed by atoms with Gasteiger partial charge in [-0.25, -0.2) is 0 Å². The van der Waals surface area contributed by atoms with E-state index in [4.69, 9.17) is 4.74 Å². The standard InChI is InChI=1S/C20H40N2O2/c1-6-9-18(7-2)10-8-12-22-14-15-24-19(16-22)11-13-21(5)20(23)17(3)4/h17-19H,6-16H2,1-5H3/t18?,19-/m1/s1. The average Bonchev–Trinajstić information content (AvgIpc) is 2.58. The van der Waals surface area contributed by atoms with Crippen LogP contribution < -0.4 is 0 Å². The zero-order chi connectivity index (χ0) is 17.9. The Morgan fingerprint density at radius 2 is 2.04 bits per heavy atom. The number of rotatable bonds is 11. The zero-order valence-corrected chi connectivity index (χ0v) is 16.7. The fraction of sp³-hybridized carbons (Fsp3) is 0.950. The molecule has 24 heavy (non-hydrogen) atoms. The summed E-state index contributed by atoms with van der Waals surface area (Å²) >= 11 is 0. The van der Waals surface area contributed by atoms with Crippen LogP contribution in [0.15, 0.2) is 0 Å². The summed E-state index contributed by atoms with van der Waals surface area (Å²) in [5.74, 6) is 1.21. The monoisotopic (exact) mass is 340 g/mol. The van der Waals surface area contributed by atoms with Crippen LogP contribution in [0.2, 0.25) is 0 Å². The first-order valence-electron chi connectivity index (χ1n) is 10.1. The van der Waals surface area contributed by atoms with Crippen molar-refractivity contribution < 1.29 is 9.53 Å². The van der Waals surface area contributed by atoms with Crippen LogP contribution in [0.1, 0.15) is 66.2 Å². The van der Waals surface area contributed by atoms with Crippen molar-refractivity contribution >= 4 is 5.91 Å². The van der Waals surface area contributed by atoms with Gasteiger partial charge in [-0.3, -0.25) is 9.69 Å². The van der Waals surface area contributed by atoms with E-state index in [-0.39, 0.29) is 17.9 Å². The Kier molecular flexibility index (Phi) is 10.6. The topological polar surface area (TPSA) is 32.8 Å². The Morgan fingerprint density at radius 3 is 2.67 bits per heavy atom. The van der Waals surface area contributed by atoms with Gasteiger partial charge in [-0.15, -0.1) is 0 Å². The molecular formula is C20H40N2O2. The van der Waals surface area contributed by atoms with Crippen molar-refractivity contribution in [1.29, 1.82) is 0 Å². The molecule has 0 spiro atoms. The summed E-state index contributed by atoms with van der Waals surface area (Å²) in [5, 5.41) is 0. The highest BCUT2D eigenvalue weighted by atomic mass is 16.5. The van der Waals surface area contributed by atoms with Gasteiger partial charge >= 0.3 is 0 Å². The van der Waals surface area contributed by atoms with Crippen molar-refractivity contribution in [3.63, 3.8) is 0 Å². The third-order valence-corrected chi connectivity index (χ3v) is 5.24. The van der Waals surface area contributed by atoms with Crippen LogP contribution in [-0.4, -0.2) is 61.6 Å². The van der Waals surface area contributed by atoms with Crippen molar-refractivity contribution in [2.24, 2.45) is 11.8 Å². The number of hydrogen-bond donors (Lipinski definition) is 0. The molecular weight excluding hydrogens is 300 g/mol. The van der Waals surface area contributed by atoms with Gasteiger partial charge in [0, 0.05) is 32.6 Å². The number of morpholine rings is 1. The van der Waals surface area contributed by atoms with E-state index in [0.29, 0.717) is 0 Å². The fourth-order valence-electron chi connectivity index (χ4n) is 3.61. The minimum atomic E-state index is 0.0772. The van der Waals surface area contributed by atoms with Gasteiger partial charge in [0.15, 0.2) is 0 Å². The molecule has 142 valence electrons. The molecule has 1 rings (SSSR count). The van der Waals surface area contributed by atoms with Crippen molar-refractivity contribution in [2.75, 3.05) is 39.8 Å². The molecule has 1 amide bonds. The Morgan fingerprint density at radius 1 is 1.29 bits per heavy atom. The number of amides is 1. The first-order valence-corrected chi connectivity index (χ1v) is 10.1. The highest BCUT2D eigenvalue weighted by Crippen LogP contribution is 2.18. The van der Waals surface area contributed by atoms with Crippen LogP contribution in [0.3, 0.4) is 0 Å². The summed E-state index contributed by atoms with van der Waals surface area (Å²) in [5.41, 5.74) is 0. The van der Waals surface area contributed by atoms with Crippen LogP contribution in [-0.2, 0) is 9.53 Å². The first-order chi connectivity index (χ1) is 11.5. The van der Waals surface area contributed by atoms with Gasteiger partial charge in [-0.05, 0) is 31.7 Å². The van der Waals surface area contributed by atoms with Gasteiger partial charge < -0.3 is 9.64 Å². The Hall–Kier alpha value is -0.610. The third-order valence-electron chi connectivity index (χ3n) is 5.24. The molecule has 0 aromatic heterocycles. The normalized spacial score (nSPS) is 20.3. The molecule has 0 aliphatic carbocycles. The number of carbonyl (C=O) groups excluding carboxylic acids is 1. The second kappa shape index (κ2) is 11.9. The van der Waals surface area contributed by atoms with Crippen LogP contribution in [0, 0.1) is 11.8 Å². The summed E-state index contributed by atoms with van der Waals surface area (Å²) in [6.07, 6.45) is 7.88. The van der Waals surface area contributed by atoms with Crippen molar-refractivity contribution in [3.05, 3.63) is 0 Å². The highest BCUT2D eigenvalue weighted by molar-refractivity contribution is 5.77. The van der Waals surface area contributed by atoms with E-state index in [1.54, 1.807) is 0 Å². The SMILES string of the molecule is CCCC(CC)CCCN1CCO[C@H](CCN(C)C(=O)C(C)C)C1. The number of nitrogens with zero attached hydrogens (tertiary/aromatic N) is 2. The molecule has 1 saturated heterocycles. The van der Waals surface area contributed by atoms with E-state index in [0.717, 1.165) is 38.6 Å². The van der Waals surface area contributed by atoms with E-state index in [1.807, 2.05) is 25.8 Å². The van der Waals surface area contributed by atoms with Crippen LogP contribution in [0.4, 0.5) is 0 Å². The van der Waals surface area contributed by atoms with Crippen molar-refractivity contribution in [1.82, 2.24) is 9.80 Å². The molecule has 1 heterocycles. The lowest BCUT2D eigenvalue weighted by Crippen LogP contribution is -2.44. The molecule has 0 saturated carbocycles. The summed E-state index contributed by atoms with van der Waals surface area (Å²) < 4.78 is 5.91. The van der Waals surface area contributed by atoms with E-state index >= 15 is 0 Å². The quantitative estimate of drug-likeness (QED) is 0.573. The lowest BCUT2D eigenvalue weighted by atomic mass is 9.95. The molecule has 1 aliphatic heterocycles. The minimum absolute atomic E-state index is 0.0772. The molecule has 0 bridgehead atoms. The maximum atomic E-state index is 11.9. The summed E-state index contributed by atoms with van der Waals surface area (Å²) in [6.45, 7) is 13.4. The average molecular weight is 341 g/mol. The summed E-state index contributed by atoms with van der Waals surface area (Å²) in [7, 11) is 1.90. The van der Waals surface area contributed by atoms with Gasteiger partial charge in [0.2, 0.25) is 5.91 Å². The molecule has 4 nitrogen and oxygen atoms in total. The largest absolute Gasteiger partial charge is 0.375 e. The fourth-order valence-corrected chi connectivity index (χ4v) is 3.61. The molecule has 0 radical (unpaired) electrons. The summed E-state index contributed by atoms with van der Waals surface area (Å²) in [6, 6.07) is 0. The zero-order valence-electron chi connectivity index (χ0n) is 16.7. The van der Waals surface area contributed by atoms with Crippen LogP contribution in [0.5, 0.6) is 0 Å². The smallest absolute Gasteiger partial charge is 0.224 e. The van der Waals surface area contributed by atoms with Crippen LogP contribution in [0.25, 0.3) is 0 Å². The number of ether oxygens (including phenoxy) is 1. The maximum absolute atomic E-state index is 11.9. The van der Waals surface area contributed by atoms with E-state index in [2.05, 4.69) is 18.7 Å². The Balaban J connectivity index is 2.25. The third kappa shape index (κ3) is 7.98. The Bertz CT molecular complexity index is 347. The van der Waals surface area contributed by atoms with Gasteiger partial charge in [0.05, 0.1) is 12.7 Å². The van der Waals surface area contributed by atoms with Gasteiger partial charge in [0.25, 0.3) is 0 Å². The van der Waals surface area contributed by atoms with Crippen molar-refractivity contribution in [3.8, 4) is 0 Å². The maximum Gasteiger partial charge on any atom is 0.224 e. The van der Waals surface area contributed by atoms with E-state index in [1.165, 1.54) is 38.6 Å². The van der Waals surface area contributed by atoms with Crippen molar-refractivity contribution in [2.45, 2.75) is 72.3 Å². The molecule has 0 N–H and O–H groups in total. The molecule has 1 fully saturated rings. The molecule has 1 aliphatic rings. The summed E-state index contributed by atoms with van der Waals surface area (Å²) in [4.78, 5) is 16.3. The second-order valence-electron chi connectivity index (χ2n) is 7.70. The number of hydrogen-bond acceptors (Lipinski definition) is 3. The molecule has 0 aromatic rings. The molecule has 4 heteroatoms. The van der Waals surface area contributed by atoms with Gasteiger partial charge in [-0.1, -0.05) is 47.0 Å². The lowest BCUT2D eigenvalue weighted by Gasteiger charge is -2.34. The van der Waals surface area contributed by atoms with E-state index in [9.17, 15) is 4.79 Å².